The van der Waals surface area contributed by atoms with Crippen LogP contribution in [0.1, 0.15) is 0 Å². The quantitative estimate of drug-likeness (QED) is 0.641. The van der Waals surface area contributed by atoms with Gasteiger partial charge in [0.25, 0.3) is 0 Å². The Labute approximate surface area is 138 Å². The molecule has 1 aliphatic heterocycles. The van der Waals surface area contributed by atoms with Gasteiger partial charge in [-0.15, -0.1) is 0 Å². The Kier molecular flexibility index (Phi) is 3.31. The van der Waals surface area contributed by atoms with Gasteiger partial charge in [0.2, 0.25) is 0 Å². The zero-order valence-electron chi connectivity index (χ0n) is 11.9. The monoisotopic (exact) mass is 342 g/mol. The Balaban J connectivity index is 2.06. The third-order valence-electron chi connectivity index (χ3n) is 3.85. The number of halogens is 1. The molecule has 4 rings (SSSR count). The van der Waals surface area contributed by atoms with E-state index in [1.54, 1.807) is 24.3 Å². The molecule has 0 saturated carbocycles. The zero-order chi connectivity index (χ0) is 16.0. The van der Waals surface area contributed by atoms with E-state index in [1.165, 1.54) is 0 Å². The fourth-order valence-corrected chi connectivity index (χ4v) is 4.38. The topological polar surface area (TPSA) is 46.5 Å². The smallest absolute Gasteiger partial charge is 0.408 e. The molecule has 23 heavy (non-hydrogen) atoms. The van der Waals surface area contributed by atoms with Crippen LogP contribution >= 0.6 is 19.2 Å². The predicted octanol–water partition coefficient (Wildman–Crippen LogP) is 4.88. The van der Waals surface area contributed by atoms with Crippen molar-refractivity contribution in [1.29, 1.82) is 0 Å². The molecule has 0 fully saturated rings. The van der Waals surface area contributed by atoms with Gasteiger partial charge in [0, 0.05) is 21.7 Å². The van der Waals surface area contributed by atoms with E-state index in [0.29, 0.717) is 27.2 Å². The molecule has 3 aromatic carbocycles. The Hall–Kier alpha value is -2.06. The van der Waals surface area contributed by atoms with Crippen LogP contribution in [0.15, 0.2) is 66.7 Å². The molecule has 0 spiro atoms. The van der Waals surface area contributed by atoms with Crippen LogP contribution in [0.4, 0.5) is 0 Å². The first-order valence-electron chi connectivity index (χ1n) is 7.07. The first-order valence-corrected chi connectivity index (χ1v) is 9.03. The molecule has 0 saturated heterocycles. The van der Waals surface area contributed by atoms with Crippen LogP contribution in [-0.4, -0.2) is 4.89 Å². The van der Waals surface area contributed by atoms with Crippen LogP contribution in [0, 0.1) is 0 Å². The highest BCUT2D eigenvalue weighted by Crippen LogP contribution is 2.55. The maximum Gasteiger partial charge on any atom is 0.408 e. The molecule has 1 aliphatic rings. The van der Waals surface area contributed by atoms with Crippen molar-refractivity contribution in [3.8, 4) is 28.0 Å². The molecule has 0 aliphatic carbocycles. The molecular formula is C18H12ClO3P. The van der Waals surface area contributed by atoms with E-state index in [1.807, 2.05) is 42.5 Å². The molecule has 0 amide bonds. The Morgan fingerprint density at radius 3 is 2.30 bits per heavy atom. The molecule has 1 N–H and O–H groups in total. The fraction of sp³-hybridized carbons (Fsp3) is 0. The van der Waals surface area contributed by atoms with Crippen molar-refractivity contribution in [3.63, 3.8) is 0 Å². The van der Waals surface area contributed by atoms with E-state index in [2.05, 4.69) is 0 Å². The highest BCUT2D eigenvalue weighted by Gasteiger charge is 2.35. The molecule has 3 aromatic rings. The van der Waals surface area contributed by atoms with Crippen molar-refractivity contribution >= 4 is 24.5 Å². The number of hydrogen-bond donors (Lipinski definition) is 1. The molecule has 3 nitrogen and oxygen atoms in total. The third kappa shape index (κ3) is 2.38. The van der Waals surface area contributed by atoms with Crippen molar-refractivity contribution in [1.82, 2.24) is 0 Å². The van der Waals surface area contributed by atoms with E-state index in [0.717, 1.165) is 11.1 Å². The van der Waals surface area contributed by atoms with E-state index in [-0.39, 0.29) is 0 Å². The largest absolute Gasteiger partial charge is 0.420 e. The summed E-state index contributed by atoms with van der Waals surface area (Å²) < 4.78 is 18.1. The molecule has 0 bridgehead atoms. The van der Waals surface area contributed by atoms with Gasteiger partial charge in [-0.1, -0.05) is 60.1 Å². The second-order valence-electron chi connectivity index (χ2n) is 5.32. The molecule has 114 valence electrons. The summed E-state index contributed by atoms with van der Waals surface area (Å²) in [6.07, 6.45) is 0. The van der Waals surface area contributed by atoms with Gasteiger partial charge in [0.1, 0.15) is 5.75 Å². The average molecular weight is 343 g/mol. The Bertz CT molecular complexity index is 936. The zero-order valence-corrected chi connectivity index (χ0v) is 13.6. The van der Waals surface area contributed by atoms with Gasteiger partial charge < -0.3 is 9.42 Å². The predicted molar refractivity (Wildman–Crippen MR) is 92.4 cm³/mol. The van der Waals surface area contributed by atoms with Crippen molar-refractivity contribution in [2.24, 2.45) is 0 Å². The second-order valence-corrected chi connectivity index (χ2v) is 7.47. The number of fused-ring (bicyclic) bond motifs is 3. The summed E-state index contributed by atoms with van der Waals surface area (Å²) in [6, 6.07) is 20.0. The highest BCUT2D eigenvalue weighted by molar-refractivity contribution is 7.62. The summed E-state index contributed by atoms with van der Waals surface area (Å²) in [5.74, 6) is 0.394. The summed E-state index contributed by atoms with van der Waals surface area (Å²) in [4.78, 5) is 10.3. The molecular weight excluding hydrogens is 331 g/mol. The van der Waals surface area contributed by atoms with Gasteiger partial charge in [-0.2, -0.15) is 0 Å². The molecule has 1 heterocycles. The minimum atomic E-state index is -3.91. The Morgan fingerprint density at radius 2 is 1.52 bits per heavy atom. The van der Waals surface area contributed by atoms with Crippen LogP contribution < -0.4 is 9.83 Å². The highest BCUT2D eigenvalue weighted by atomic mass is 35.5. The lowest BCUT2D eigenvalue weighted by atomic mass is 9.97. The summed E-state index contributed by atoms with van der Waals surface area (Å²) in [5, 5.41) is 0.851. The van der Waals surface area contributed by atoms with Gasteiger partial charge in [-0.25, -0.2) is 4.57 Å². The van der Waals surface area contributed by atoms with Crippen molar-refractivity contribution in [3.05, 3.63) is 71.8 Å². The van der Waals surface area contributed by atoms with Crippen molar-refractivity contribution in [2.75, 3.05) is 0 Å². The summed E-state index contributed by atoms with van der Waals surface area (Å²) in [7, 11) is -3.91. The maximum absolute atomic E-state index is 12.6. The number of hydrogen-bond acceptors (Lipinski definition) is 2. The minimum Gasteiger partial charge on any atom is -0.420 e. The second kappa shape index (κ2) is 5.24. The lowest BCUT2D eigenvalue weighted by Crippen LogP contribution is -2.17. The van der Waals surface area contributed by atoms with Gasteiger partial charge in [-0.05, 0) is 23.8 Å². The molecule has 0 radical (unpaired) electrons. The van der Waals surface area contributed by atoms with Gasteiger partial charge in [0.05, 0.1) is 5.30 Å². The normalized spacial score (nSPS) is 18.7. The molecule has 5 heteroatoms. The van der Waals surface area contributed by atoms with Crippen molar-refractivity contribution < 1.29 is 14.0 Å². The lowest BCUT2D eigenvalue weighted by Gasteiger charge is -2.26. The third-order valence-corrected chi connectivity index (χ3v) is 5.50. The summed E-state index contributed by atoms with van der Waals surface area (Å²) in [5.41, 5.74) is 2.99. The van der Waals surface area contributed by atoms with Gasteiger partial charge >= 0.3 is 7.60 Å². The van der Waals surface area contributed by atoms with E-state index < -0.39 is 7.60 Å². The van der Waals surface area contributed by atoms with Crippen LogP contribution in [0.3, 0.4) is 0 Å². The van der Waals surface area contributed by atoms with Crippen LogP contribution in [-0.2, 0) is 4.57 Å². The minimum absolute atomic E-state index is 0.300. The summed E-state index contributed by atoms with van der Waals surface area (Å²) >= 11 is 6.28. The standard InChI is InChI=1S/C18H12ClO3P/c19-13-10-15(12-6-2-1-3-7-12)18-16(11-13)14-8-4-5-9-17(14)23(20,21)22-18/h1-11H,(H,20,21). The molecule has 1 atom stereocenters. The maximum atomic E-state index is 12.6. The van der Waals surface area contributed by atoms with Gasteiger partial charge in [-0.3, -0.25) is 0 Å². The van der Waals surface area contributed by atoms with E-state index >= 15 is 0 Å². The Morgan fingerprint density at radius 1 is 0.870 bits per heavy atom. The first-order chi connectivity index (χ1) is 11.1. The van der Waals surface area contributed by atoms with E-state index in [9.17, 15) is 9.46 Å². The lowest BCUT2D eigenvalue weighted by molar-refractivity contribution is 0.393. The van der Waals surface area contributed by atoms with Crippen LogP contribution in [0.5, 0.6) is 5.75 Å². The fourth-order valence-electron chi connectivity index (χ4n) is 2.84. The first kappa shape index (κ1) is 14.5. The number of benzene rings is 3. The molecule has 0 aromatic heterocycles. The average Bonchev–Trinajstić information content (AvgIpc) is 2.56. The van der Waals surface area contributed by atoms with Crippen LogP contribution in [0.25, 0.3) is 22.3 Å². The number of rotatable bonds is 1. The van der Waals surface area contributed by atoms with Crippen molar-refractivity contribution in [2.45, 2.75) is 0 Å². The SMILES string of the molecule is O=P1(O)Oc2c(-c3ccccc3)cc(Cl)cc2-c2ccccc21. The van der Waals surface area contributed by atoms with Crippen LogP contribution in [0.2, 0.25) is 5.02 Å². The summed E-state index contributed by atoms with van der Waals surface area (Å²) in [6.45, 7) is 0. The van der Waals surface area contributed by atoms with Gasteiger partial charge in [0.15, 0.2) is 0 Å². The molecule has 1 unspecified atom stereocenters. The van der Waals surface area contributed by atoms with E-state index in [4.69, 9.17) is 16.1 Å².